The van der Waals surface area contributed by atoms with Crippen LogP contribution in [-0.4, -0.2) is 14.9 Å². The zero-order valence-corrected chi connectivity index (χ0v) is 18.3. The van der Waals surface area contributed by atoms with Gasteiger partial charge in [-0.05, 0) is 50.2 Å². The Balaban J connectivity index is 1.79. The number of benzene rings is 2. The van der Waals surface area contributed by atoms with E-state index in [9.17, 15) is 14.9 Å². The number of carbonyl (C=O) groups excluding carboxylic acids is 1. The number of ketones is 1. The second kappa shape index (κ2) is 8.07. The lowest BCUT2D eigenvalue weighted by atomic mass is 10.1. The van der Waals surface area contributed by atoms with E-state index >= 15 is 0 Å². The van der Waals surface area contributed by atoms with Crippen LogP contribution in [-0.2, 0) is 6.54 Å². The number of rotatable bonds is 4. The summed E-state index contributed by atoms with van der Waals surface area (Å²) in [5.74, 6) is -0.134. The third-order valence-corrected chi connectivity index (χ3v) is 5.70. The highest BCUT2D eigenvalue weighted by atomic mass is 35.5. The largest absolute Gasteiger partial charge is 0.338 e. The van der Waals surface area contributed by atoms with Crippen molar-refractivity contribution in [3.8, 4) is 11.8 Å². The van der Waals surface area contributed by atoms with E-state index in [0.717, 1.165) is 17.1 Å². The number of carbonyl (C=O) groups is 1. The van der Waals surface area contributed by atoms with E-state index in [4.69, 9.17) is 23.2 Å². The van der Waals surface area contributed by atoms with Gasteiger partial charge in [0.1, 0.15) is 11.6 Å². The van der Waals surface area contributed by atoms with Crippen molar-refractivity contribution in [2.24, 2.45) is 0 Å². The van der Waals surface area contributed by atoms with Crippen LogP contribution in [0.2, 0.25) is 10.0 Å². The lowest BCUT2D eigenvalue weighted by Crippen LogP contribution is -2.17. The second-order valence-corrected chi connectivity index (χ2v) is 8.17. The van der Waals surface area contributed by atoms with Crippen molar-refractivity contribution in [3.63, 3.8) is 0 Å². The maximum Gasteiger partial charge on any atom is 0.207 e. The van der Waals surface area contributed by atoms with Crippen molar-refractivity contribution in [1.29, 1.82) is 5.26 Å². The Morgan fingerprint density at radius 3 is 2.42 bits per heavy atom. The van der Waals surface area contributed by atoms with Crippen LogP contribution in [0.5, 0.6) is 0 Å². The van der Waals surface area contributed by atoms with Crippen LogP contribution in [0.25, 0.3) is 16.6 Å². The standard InChI is InChI=1S/C24H17Cl2N3O2/c1-14-7-21(15(2)29(14)19-9-17(25)8-18(26)10-19)23(30)13-28-12-16(11-27)24(31)20-5-3-4-6-22(20)28/h3-10,12H,13H2,1-2H3. The summed E-state index contributed by atoms with van der Waals surface area (Å²) in [6.45, 7) is 3.76. The highest BCUT2D eigenvalue weighted by molar-refractivity contribution is 6.34. The van der Waals surface area contributed by atoms with Gasteiger partial charge in [0.05, 0.1) is 12.1 Å². The van der Waals surface area contributed by atoms with Crippen molar-refractivity contribution in [2.45, 2.75) is 20.4 Å². The van der Waals surface area contributed by atoms with Gasteiger partial charge in [0.15, 0.2) is 5.78 Å². The fraction of sp³-hybridized carbons (Fsp3) is 0.125. The lowest BCUT2D eigenvalue weighted by molar-refractivity contribution is 0.0973. The maximum absolute atomic E-state index is 13.2. The summed E-state index contributed by atoms with van der Waals surface area (Å²) in [6, 6.07) is 15.9. The zero-order valence-electron chi connectivity index (χ0n) is 16.8. The predicted molar refractivity (Wildman–Crippen MR) is 123 cm³/mol. The molecule has 0 bridgehead atoms. The molecular formula is C24H17Cl2N3O2. The van der Waals surface area contributed by atoms with Gasteiger partial charge in [0, 0.05) is 44.3 Å². The molecule has 0 saturated heterocycles. The minimum atomic E-state index is -0.335. The van der Waals surface area contributed by atoms with Crippen molar-refractivity contribution >= 4 is 39.9 Å². The molecule has 0 aliphatic heterocycles. The van der Waals surface area contributed by atoms with Crippen LogP contribution < -0.4 is 5.43 Å². The summed E-state index contributed by atoms with van der Waals surface area (Å²) in [7, 11) is 0. The van der Waals surface area contributed by atoms with Gasteiger partial charge in [-0.1, -0.05) is 35.3 Å². The Morgan fingerprint density at radius 1 is 1.06 bits per heavy atom. The number of fused-ring (bicyclic) bond motifs is 1. The smallest absolute Gasteiger partial charge is 0.207 e. The Morgan fingerprint density at radius 2 is 1.74 bits per heavy atom. The molecule has 0 saturated carbocycles. The molecular weight excluding hydrogens is 433 g/mol. The van der Waals surface area contributed by atoms with Gasteiger partial charge in [-0.2, -0.15) is 5.26 Å². The average molecular weight is 450 g/mol. The van der Waals surface area contributed by atoms with Crippen LogP contribution >= 0.6 is 23.2 Å². The molecule has 7 heteroatoms. The van der Waals surface area contributed by atoms with Crippen LogP contribution in [0.15, 0.2) is 59.5 Å². The van der Waals surface area contributed by atoms with Gasteiger partial charge < -0.3 is 9.13 Å². The molecule has 0 unspecified atom stereocenters. The first kappa shape index (κ1) is 20.9. The molecule has 0 aliphatic rings. The molecule has 154 valence electrons. The van der Waals surface area contributed by atoms with Crippen molar-refractivity contribution < 1.29 is 4.79 Å². The quantitative estimate of drug-likeness (QED) is 0.387. The number of Topliss-reactive ketones (excluding diaryl/α,β-unsaturated/α-hetero) is 1. The zero-order chi connectivity index (χ0) is 22.3. The third kappa shape index (κ3) is 3.76. The number of para-hydroxylation sites is 1. The summed E-state index contributed by atoms with van der Waals surface area (Å²) in [4.78, 5) is 25.7. The van der Waals surface area contributed by atoms with Crippen LogP contribution in [0.3, 0.4) is 0 Å². The lowest BCUT2D eigenvalue weighted by Gasteiger charge is -2.12. The molecule has 0 N–H and O–H groups in total. The van der Waals surface area contributed by atoms with E-state index in [1.807, 2.05) is 30.6 Å². The normalized spacial score (nSPS) is 10.9. The molecule has 0 atom stereocenters. The number of nitrogens with zero attached hydrogens (tertiary/aromatic N) is 3. The summed E-state index contributed by atoms with van der Waals surface area (Å²) < 4.78 is 3.58. The molecule has 2 aromatic carbocycles. The average Bonchev–Trinajstić information content (AvgIpc) is 3.03. The molecule has 4 rings (SSSR count). The van der Waals surface area contributed by atoms with E-state index in [1.54, 1.807) is 47.0 Å². The summed E-state index contributed by atoms with van der Waals surface area (Å²) >= 11 is 12.3. The van der Waals surface area contributed by atoms with Crippen LogP contribution in [0.1, 0.15) is 27.3 Å². The van der Waals surface area contributed by atoms with Gasteiger partial charge >= 0.3 is 0 Å². The fourth-order valence-electron chi connectivity index (χ4n) is 3.91. The minimum absolute atomic E-state index is 0.00390. The Bertz CT molecular complexity index is 1440. The molecule has 0 amide bonds. The van der Waals surface area contributed by atoms with Crippen molar-refractivity contribution in [3.05, 3.63) is 97.5 Å². The Hall–Kier alpha value is -3.33. The van der Waals surface area contributed by atoms with Crippen molar-refractivity contribution in [2.75, 3.05) is 0 Å². The molecule has 2 heterocycles. The molecule has 0 spiro atoms. The third-order valence-electron chi connectivity index (χ3n) is 5.26. The Kier molecular flexibility index (Phi) is 5.45. The molecule has 31 heavy (non-hydrogen) atoms. The number of pyridine rings is 1. The van der Waals surface area contributed by atoms with E-state index in [0.29, 0.717) is 26.5 Å². The van der Waals surface area contributed by atoms with E-state index in [2.05, 4.69) is 0 Å². The first-order valence-corrected chi connectivity index (χ1v) is 10.3. The Labute approximate surface area is 188 Å². The molecule has 4 aromatic rings. The molecule has 0 radical (unpaired) electrons. The second-order valence-electron chi connectivity index (χ2n) is 7.30. The van der Waals surface area contributed by atoms with E-state index in [1.165, 1.54) is 6.20 Å². The van der Waals surface area contributed by atoms with Gasteiger partial charge in [0.2, 0.25) is 5.43 Å². The van der Waals surface area contributed by atoms with Crippen LogP contribution in [0.4, 0.5) is 0 Å². The monoisotopic (exact) mass is 449 g/mol. The highest BCUT2D eigenvalue weighted by Crippen LogP contribution is 2.27. The SMILES string of the molecule is Cc1cc(C(=O)Cn2cc(C#N)c(=O)c3ccccc32)c(C)n1-c1cc(Cl)cc(Cl)c1. The van der Waals surface area contributed by atoms with E-state index in [-0.39, 0.29) is 23.3 Å². The number of halogens is 2. The van der Waals surface area contributed by atoms with Crippen LogP contribution in [0, 0.1) is 25.2 Å². The predicted octanol–water partition coefficient (Wildman–Crippen LogP) is 5.47. The summed E-state index contributed by atoms with van der Waals surface area (Å²) in [5, 5.41) is 10.8. The first-order valence-electron chi connectivity index (χ1n) is 9.51. The minimum Gasteiger partial charge on any atom is -0.338 e. The van der Waals surface area contributed by atoms with Gasteiger partial charge in [-0.25, -0.2) is 0 Å². The molecule has 5 nitrogen and oxygen atoms in total. The topological polar surface area (TPSA) is 67.8 Å². The number of aromatic nitrogens is 2. The molecule has 2 aromatic heterocycles. The molecule has 0 aliphatic carbocycles. The maximum atomic E-state index is 13.2. The number of nitriles is 1. The molecule has 0 fully saturated rings. The fourth-order valence-corrected chi connectivity index (χ4v) is 4.42. The highest BCUT2D eigenvalue weighted by Gasteiger charge is 2.19. The number of aryl methyl sites for hydroxylation is 1. The number of hydrogen-bond acceptors (Lipinski definition) is 3. The number of hydrogen-bond donors (Lipinski definition) is 0. The summed E-state index contributed by atoms with van der Waals surface area (Å²) in [5.41, 5.74) is 3.22. The van der Waals surface area contributed by atoms with Gasteiger partial charge in [0.25, 0.3) is 0 Å². The van der Waals surface area contributed by atoms with Gasteiger partial charge in [-0.3, -0.25) is 9.59 Å². The van der Waals surface area contributed by atoms with Crippen molar-refractivity contribution in [1.82, 2.24) is 9.13 Å². The summed E-state index contributed by atoms with van der Waals surface area (Å²) in [6.07, 6.45) is 1.44. The van der Waals surface area contributed by atoms with Gasteiger partial charge in [-0.15, -0.1) is 0 Å². The van der Waals surface area contributed by atoms with E-state index < -0.39 is 0 Å². The first-order chi connectivity index (χ1) is 14.8.